The fourth-order valence-electron chi connectivity index (χ4n) is 2.82. The number of amides is 1. The molecular weight excluding hydrogens is 259 g/mol. The molecule has 0 atom stereocenters. The number of nitrogens with two attached hydrogens (primary N) is 1. The van der Waals surface area contributed by atoms with Crippen LogP contribution >= 0.6 is 0 Å². The number of benzene rings is 1. The minimum absolute atomic E-state index is 0.0547. The number of hydrogen-bond acceptors (Lipinski definition) is 3. The van der Waals surface area contributed by atoms with Crippen LogP contribution in [0, 0.1) is 12.7 Å². The van der Waals surface area contributed by atoms with Crippen LogP contribution in [0.25, 0.3) is 0 Å². The van der Waals surface area contributed by atoms with E-state index in [1.54, 1.807) is 6.92 Å². The molecular formula is C15H21FN2O2. The maximum Gasteiger partial charge on any atom is 0.254 e. The Bertz CT molecular complexity index is 511. The normalized spacial score (nSPS) is 17.8. The van der Waals surface area contributed by atoms with Crippen LogP contribution in [0.4, 0.5) is 10.1 Å². The van der Waals surface area contributed by atoms with Gasteiger partial charge in [-0.1, -0.05) is 19.3 Å². The first-order valence-corrected chi connectivity index (χ1v) is 6.96. The zero-order valence-electron chi connectivity index (χ0n) is 11.7. The summed E-state index contributed by atoms with van der Waals surface area (Å²) in [5.74, 6) is -1.06. The molecule has 20 heavy (non-hydrogen) atoms. The number of halogens is 1. The van der Waals surface area contributed by atoms with Gasteiger partial charge in [-0.15, -0.1) is 0 Å². The predicted octanol–water partition coefficient (Wildman–Crippen LogP) is 2.14. The van der Waals surface area contributed by atoms with Gasteiger partial charge in [0.2, 0.25) is 0 Å². The first-order chi connectivity index (χ1) is 9.47. The Morgan fingerprint density at radius 2 is 2.05 bits per heavy atom. The summed E-state index contributed by atoms with van der Waals surface area (Å²) < 4.78 is 14.0. The lowest BCUT2D eigenvalue weighted by Gasteiger charge is -2.36. The van der Waals surface area contributed by atoms with E-state index in [4.69, 9.17) is 5.73 Å². The smallest absolute Gasteiger partial charge is 0.254 e. The molecule has 0 bridgehead atoms. The molecule has 110 valence electrons. The van der Waals surface area contributed by atoms with Crippen LogP contribution < -0.4 is 11.1 Å². The molecule has 1 amide bonds. The van der Waals surface area contributed by atoms with Crippen LogP contribution in [-0.4, -0.2) is 23.2 Å². The van der Waals surface area contributed by atoms with Crippen molar-refractivity contribution in [2.75, 3.05) is 12.3 Å². The molecule has 1 aromatic rings. The van der Waals surface area contributed by atoms with Gasteiger partial charge in [0.25, 0.3) is 5.91 Å². The lowest BCUT2D eigenvalue weighted by molar-refractivity contribution is 0.0754. The molecule has 1 saturated carbocycles. The number of aryl methyl sites for hydroxylation is 1. The summed E-state index contributed by atoms with van der Waals surface area (Å²) >= 11 is 0. The van der Waals surface area contributed by atoms with Crippen molar-refractivity contribution in [3.8, 4) is 0 Å². The number of nitrogen functional groups attached to an aromatic ring is 1. The highest BCUT2D eigenvalue weighted by molar-refractivity contribution is 5.96. The number of anilines is 1. The van der Waals surface area contributed by atoms with E-state index >= 15 is 0 Å². The fraction of sp³-hybridized carbons (Fsp3) is 0.533. The third-order valence-corrected chi connectivity index (χ3v) is 4.01. The molecule has 1 aliphatic rings. The number of carbonyl (C=O) groups excluding carboxylic acids is 1. The van der Waals surface area contributed by atoms with Gasteiger partial charge in [-0.3, -0.25) is 4.79 Å². The standard InChI is InChI=1S/C15H21FN2O2/c1-10-7-11(17)8-12(13(10)16)14(20)18-15(9-19)5-3-2-4-6-15/h7-8,19H,2-6,9,17H2,1H3,(H,18,20). The topological polar surface area (TPSA) is 75.4 Å². The van der Waals surface area contributed by atoms with E-state index in [0.717, 1.165) is 32.1 Å². The van der Waals surface area contributed by atoms with Crippen LogP contribution in [0.5, 0.6) is 0 Å². The Kier molecular flexibility index (Phi) is 4.28. The summed E-state index contributed by atoms with van der Waals surface area (Å²) in [6.07, 6.45) is 4.46. The van der Waals surface area contributed by atoms with E-state index in [-0.39, 0.29) is 12.2 Å². The SMILES string of the molecule is Cc1cc(N)cc(C(=O)NC2(CO)CCCCC2)c1F. The van der Waals surface area contributed by atoms with Crippen molar-refractivity contribution in [2.24, 2.45) is 0 Å². The quantitative estimate of drug-likeness (QED) is 0.743. The van der Waals surface area contributed by atoms with E-state index in [0.29, 0.717) is 11.3 Å². The van der Waals surface area contributed by atoms with E-state index in [1.165, 1.54) is 12.1 Å². The average molecular weight is 280 g/mol. The van der Waals surface area contributed by atoms with E-state index in [9.17, 15) is 14.3 Å². The van der Waals surface area contributed by atoms with Gasteiger partial charge in [-0.25, -0.2) is 4.39 Å². The van der Waals surface area contributed by atoms with E-state index in [2.05, 4.69) is 5.32 Å². The maximum atomic E-state index is 14.0. The fourth-order valence-corrected chi connectivity index (χ4v) is 2.82. The number of carbonyl (C=O) groups is 1. The van der Waals surface area contributed by atoms with Crippen molar-refractivity contribution in [3.63, 3.8) is 0 Å². The molecule has 0 aromatic heterocycles. The molecule has 2 rings (SSSR count). The Balaban J connectivity index is 2.23. The van der Waals surface area contributed by atoms with Crippen molar-refractivity contribution in [1.82, 2.24) is 5.32 Å². The van der Waals surface area contributed by atoms with Gasteiger partial charge in [-0.05, 0) is 37.5 Å². The second-order valence-electron chi connectivity index (χ2n) is 5.65. The second kappa shape index (κ2) is 5.79. The largest absolute Gasteiger partial charge is 0.399 e. The predicted molar refractivity (Wildman–Crippen MR) is 75.9 cm³/mol. The molecule has 0 unspecified atom stereocenters. The lowest BCUT2D eigenvalue weighted by Crippen LogP contribution is -2.52. The average Bonchev–Trinajstić information content (AvgIpc) is 2.43. The number of hydrogen-bond donors (Lipinski definition) is 3. The van der Waals surface area contributed by atoms with E-state index < -0.39 is 17.3 Å². The molecule has 4 nitrogen and oxygen atoms in total. The summed E-state index contributed by atoms with van der Waals surface area (Å²) in [4.78, 5) is 12.3. The Morgan fingerprint density at radius 1 is 1.40 bits per heavy atom. The number of aliphatic hydroxyl groups excluding tert-OH is 1. The summed E-state index contributed by atoms with van der Waals surface area (Å²) in [7, 11) is 0. The van der Waals surface area contributed by atoms with Gasteiger partial charge in [-0.2, -0.15) is 0 Å². The van der Waals surface area contributed by atoms with Gasteiger partial charge < -0.3 is 16.2 Å². The van der Waals surface area contributed by atoms with Gasteiger partial charge >= 0.3 is 0 Å². The van der Waals surface area contributed by atoms with Crippen LogP contribution in [0.1, 0.15) is 48.0 Å². The summed E-state index contributed by atoms with van der Waals surface area (Å²) in [5.41, 5.74) is 5.69. The third kappa shape index (κ3) is 2.93. The summed E-state index contributed by atoms with van der Waals surface area (Å²) in [6.45, 7) is 1.45. The molecule has 0 radical (unpaired) electrons. The molecule has 0 saturated heterocycles. The molecule has 5 heteroatoms. The number of aliphatic hydroxyl groups is 1. The van der Waals surface area contributed by atoms with Gasteiger partial charge in [0.1, 0.15) is 5.82 Å². The third-order valence-electron chi connectivity index (χ3n) is 4.01. The Labute approximate surface area is 118 Å². The number of nitrogens with one attached hydrogen (secondary N) is 1. The van der Waals surface area contributed by atoms with Crippen LogP contribution in [0.3, 0.4) is 0 Å². The zero-order valence-corrected chi connectivity index (χ0v) is 11.7. The van der Waals surface area contributed by atoms with Crippen molar-refractivity contribution in [1.29, 1.82) is 0 Å². The van der Waals surface area contributed by atoms with Crippen molar-refractivity contribution < 1.29 is 14.3 Å². The molecule has 4 N–H and O–H groups in total. The minimum atomic E-state index is -0.625. The first kappa shape index (κ1) is 14.8. The zero-order chi connectivity index (χ0) is 14.8. The lowest BCUT2D eigenvalue weighted by atomic mass is 9.82. The van der Waals surface area contributed by atoms with Crippen LogP contribution in [-0.2, 0) is 0 Å². The van der Waals surface area contributed by atoms with Gasteiger partial charge in [0.15, 0.2) is 0 Å². The van der Waals surface area contributed by atoms with Crippen LogP contribution in [0.2, 0.25) is 0 Å². The number of rotatable bonds is 3. The molecule has 0 heterocycles. The van der Waals surface area contributed by atoms with Crippen LogP contribution in [0.15, 0.2) is 12.1 Å². The Hall–Kier alpha value is -1.62. The monoisotopic (exact) mass is 280 g/mol. The highest BCUT2D eigenvalue weighted by Gasteiger charge is 2.33. The van der Waals surface area contributed by atoms with Crippen molar-refractivity contribution >= 4 is 11.6 Å². The highest BCUT2D eigenvalue weighted by atomic mass is 19.1. The van der Waals surface area contributed by atoms with Crippen molar-refractivity contribution in [3.05, 3.63) is 29.1 Å². The summed E-state index contributed by atoms with van der Waals surface area (Å²) in [6, 6.07) is 2.83. The highest BCUT2D eigenvalue weighted by Crippen LogP contribution is 2.28. The molecule has 1 aliphatic carbocycles. The first-order valence-electron chi connectivity index (χ1n) is 6.96. The minimum Gasteiger partial charge on any atom is -0.399 e. The molecule has 0 aliphatic heterocycles. The van der Waals surface area contributed by atoms with Crippen molar-refractivity contribution in [2.45, 2.75) is 44.6 Å². The molecule has 0 spiro atoms. The second-order valence-corrected chi connectivity index (χ2v) is 5.65. The van der Waals surface area contributed by atoms with Gasteiger partial charge in [0.05, 0.1) is 17.7 Å². The molecule has 1 fully saturated rings. The van der Waals surface area contributed by atoms with Gasteiger partial charge in [0, 0.05) is 5.69 Å². The maximum absolute atomic E-state index is 14.0. The Morgan fingerprint density at radius 3 is 2.65 bits per heavy atom. The summed E-state index contributed by atoms with van der Waals surface area (Å²) in [5, 5.41) is 12.4. The molecule has 1 aromatic carbocycles. The van der Waals surface area contributed by atoms with E-state index in [1.807, 2.05) is 0 Å².